The van der Waals surface area contributed by atoms with Gasteiger partial charge in [0.15, 0.2) is 0 Å². The van der Waals surface area contributed by atoms with Gasteiger partial charge in [-0.3, -0.25) is 9.69 Å². The van der Waals surface area contributed by atoms with E-state index in [1.807, 2.05) is 18.2 Å². The number of benzene rings is 2. The molecule has 4 heteroatoms. The molecule has 6 rings (SSSR count). The van der Waals surface area contributed by atoms with Crippen LogP contribution < -0.4 is 10.6 Å². The van der Waals surface area contributed by atoms with E-state index in [4.69, 9.17) is 0 Å². The molecule has 5 atom stereocenters. The molecule has 2 aromatic carbocycles. The van der Waals surface area contributed by atoms with Gasteiger partial charge in [0.1, 0.15) is 5.54 Å². The van der Waals surface area contributed by atoms with Gasteiger partial charge in [-0.1, -0.05) is 74.5 Å². The van der Waals surface area contributed by atoms with Gasteiger partial charge in [-0.2, -0.15) is 0 Å². The van der Waals surface area contributed by atoms with Gasteiger partial charge in [-0.05, 0) is 41.7 Å². The highest BCUT2D eigenvalue weighted by Gasteiger charge is 2.64. The molecule has 0 unspecified atom stereocenters. The number of carbonyl (C=O) groups excluding carboxylic acids is 1. The summed E-state index contributed by atoms with van der Waals surface area (Å²) in [5, 5.41) is 7.07. The predicted molar refractivity (Wildman–Crippen MR) is 124 cm³/mol. The first-order valence-corrected chi connectivity index (χ1v) is 11.9. The molecule has 2 aromatic rings. The standard InChI is InChI=1S/C27H35N3O/c1-19(2)13-24-25-23-16-29-27(24,26(31)28-15-20-9-5-3-6-10-20)14-22(23)18-30(25)17-21-11-7-4-8-12-21/h3-12,19,22-25,29H,13-18H2,1-2H3,(H,28,31)/t22-,23-,24+,25+,27+/m1/s1. The zero-order valence-corrected chi connectivity index (χ0v) is 18.8. The van der Waals surface area contributed by atoms with E-state index in [0.717, 1.165) is 38.0 Å². The molecule has 0 radical (unpaired) electrons. The second-order valence-electron chi connectivity index (χ2n) is 10.3. The van der Waals surface area contributed by atoms with Gasteiger partial charge < -0.3 is 10.6 Å². The molecule has 4 bridgehead atoms. The van der Waals surface area contributed by atoms with Crippen LogP contribution in [0.4, 0.5) is 0 Å². The third kappa shape index (κ3) is 3.81. The average Bonchev–Trinajstić information content (AvgIpc) is 3.08. The maximum absolute atomic E-state index is 13.7. The van der Waals surface area contributed by atoms with Crippen LogP contribution >= 0.6 is 0 Å². The average molecular weight is 418 g/mol. The van der Waals surface area contributed by atoms with E-state index in [9.17, 15) is 4.79 Å². The van der Waals surface area contributed by atoms with Crippen molar-refractivity contribution in [3.05, 3.63) is 71.8 Å². The number of carbonyl (C=O) groups is 1. The maximum Gasteiger partial charge on any atom is 0.240 e. The number of rotatable bonds is 7. The van der Waals surface area contributed by atoms with Crippen molar-refractivity contribution in [3.8, 4) is 0 Å². The first kappa shape index (κ1) is 20.7. The van der Waals surface area contributed by atoms with E-state index in [-0.39, 0.29) is 5.91 Å². The number of fused-ring (bicyclic) bond motifs is 1. The lowest BCUT2D eigenvalue weighted by molar-refractivity contribution is -0.139. The lowest BCUT2D eigenvalue weighted by Crippen LogP contribution is -2.74. The molecule has 1 aliphatic carbocycles. The largest absolute Gasteiger partial charge is 0.350 e. The summed E-state index contributed by atoms with van der Waals surface area (Å²) in [5.41, 5.74) is 2.10. The third-order valence-corrected chi connectivity index (χ3v) is 7.87. The Morgan fingerprint density at radius 1 is 1.10 bits per heavy atom. The summed E-state index contributed by atoms with van der Waals surface area (Å²) in [6.07, 6.45) is 2.06. The number of hydrogen-bond donors (Lipinski definition) is 2. The fourth-order valence-corrected chi connectivity index (χ4v) is 6.64. The maximum atomic E-state index is 13.7. The summed E-state index contributed by atoms with van der Waals surface area (Å²) in [5.74, 6) is 2.40. The number of nitrogens with one attached hydrogen (secondary N) is 2. The van der Waals surface area contributed by atoms with E-state index >= 15 is 0 Å². The van der Waals surface area contributed by atoms with Crippen LogP contribution in [-0.2, 0) is 17.9 Å². The van der Waals surface area contributed by atoms with Gasteiger partial charge in [0.2, 0.25) is 5.91 Å². The van der Waals surface area contributed by atoms with Crippen molar-refractivity contribution in [3.63, 3.8) is 0 Å². The van der Waals surface area contributed by atoms with Crippen molar-refractivity contribution in [2.75, 3.05) is 13.1 Å². The fourth-order valence-electron chi connectivity index (χ4n) is 6.64. The minimum atomic E-state index is -0.436. The minimum Gasteiger partial charge on any atom is -0.350 e. The predicted octanol–water partition coefficient (Wildman–Crippen LogP) is 3.83. The second kappa shape index (κ2) is 8.40. The topological polar surface area (TPSA) is 44.4 Å². The SMILES string of the molecule is CC(C)C[C@H]1[C@@H]2[C@@H]3CN[C@@]1(C(=O)NCc1ccccc1)C[C@@H]3CN2Cc1ccccc1. The van der Waals surface area contributed by atoms with Gasteiger partial charge in [0.25, 0.3) is 0 Å². The molecule has 1 amide bonds. The lowest BCUT2D eigenvalue weighted by atomic mass is 9.57. The van der Waals surface area contributed by atoms with Gasteiger partial charge in [-0.25, -0.2) is 0 Å². The third-order valence-electron chi connectivity index (χ3n) is 7.87. The Bertz CT molecular complexity index is 899. The molecule has 3 heterocycles. The van der Waals surface area contributed by atoms with Crippen molar-refractivity contribution in [2.45, 2.75) is 51.4 Å². The molecule has 4 fully saturated rings. The molecule has 3 aliphatic heterocycles. The zero-order valence-electron chi connectivity index (χ0n) is 18.8. The van der Waals surface area contributed by atoms with Gasteiger partial charge in [0, 0.05) is 38.1 Å². The van der Waals surface area contributed by atoms with Gasteiger partial charge >= 0.3 is 0 Å². The molecule has 3 saturated heterocycles. The first-order chi connectivity index (χ1) is 15.1. The first-order valence-electron chi connectivity index (χ1n) is 11.9. The summed E-state index contributed by atoms with van der Waals surface area (Å²) in [6, 6.07) is 21.6. The van der Waals surface area contributed by atoms with Crippen LogP contribution in [0.25, 0.3) is 0 Å². The molecule has 164 valence electrons. The fraction of sp³-hybridized carbons (Fsp3) is 0.519. The van der Waals surface area contributed by atoms with Gasteiger partial charge in [0.05, 0.1) is 0 Å². The Labute approximate surface area is 186 Å². The normalized spacial score (nSPS) is 31.8. The molecule has 0 aromatic heterocycles. The lowest BCUT2D eigenvalue weighted by Gasteiger charge is -2.56. The van der Waals surface area contributed by atoms with E-state index in [1.54, 1.807) is 0 Å². The Balaban J connectivity index is 1.40. The number of likely N-dealkylation sites (tertiary alicyclic amines) is 1. The van der Waals surface area contributed by atoms with Crippen molar-refractivity contribution in [1.29, 1.82) is 0 Å². The van der Waals surface area contributed by atoms with E-state index in [1.165, 1.54) is 5.56 Å². The molecule has 31 heavy (non-hydrogen) atoms. The summed E-state index contributed by atoms with van der Waals surface area (Å²) in [6.45, 7) is 8.28. The van der Waals surface area contributed by atoms with Crippen LogP contribution in [0.3, 0.4) is 0 Å². The van der Waals surface area contributed by atoms with E-state index in [0.29, 0.717) is 36.3 Å². The van der Waals surface area contributed by atoms with Crippen LogP contribution in [0.2, 0.25) is 0 Å². The van der Waals surface area contributed by atoms with Crippen LogP contribution in [0, 0.1) is 23.7 Å². The van der Waals surface area contributed by atoms with Crippen LogP contribution in [0.15, 0.2) is 60.7 Å². The zero-order chi connectivity index (χ0) is 21.4. The number of amides is 1. The second-order valence-corrected chi connectivity index (χ2v) is 10.3. The number of nitrogens with zero attached hydrogens (tertiary/aromatic N) is 1. The summed E-state index contributed by atoms with van der Waals surface area (Å²) >= 11 is 0. The monoisotopic (exact) mass is 417 g/mol. The number of hydrogen-bond acceptors (Lipinski definition) is 3. The summed E-state index contributed by atoms with van der Waals surface area (Å²) in [7, 11) is 0. The molecule has 0 spiro atoms. The highest BCUT2D eigenvalue weighted by atomic mass is 16.2. The van der Waals surface area contributed by atoms with Crippen LogP contribution in [0.1, 0.15) is 37.8 Å². The molecule has 4 nitrogen and oxygen atoms in total. The molecular weight excluding hydrogens is 382 g/mol. The van der Waals surface area contributed by atoms with Crippen molar-refractivity contribution in [1.82, 2.24) is 15.5 Å². The van der Waals surface area contributed by atoms with Crippen LogP contribution in [-0.4, -0.2) is 35.5 Å². The van der Waals surface area contributed by atoms with E-state index < -0.39 is 5.54 Å². The Hall–Kier alpha value is -2.17. The molecular formula is C27H35N3O. The summed E-state index contributed by atoms with van der Waals surface area (Å²) in [4.78, 5) is 16.4. The molecule has 1 saturated carbocycles. The van der Waals surface area contributed by atoms with Gasteiger partial charge in [-0.15, -0.1) is 0 Å². The Kier molecular flexibility index (Phi) is 5.61. The number of piperidine rings is 2. The highest BCUT2D eigenvalue weighted by Crippen LogP contribution is 2.53. The van der Waals surface area contributed by atoms with Crippen LogP contribution in [0.5, 0.6) is 0 Å². The summed E-state index contributed by atoms with van der Waals surface area (Å²) < 4.78 is 0. The molecule has 4 aliphatic rings. The van der Waals surface area contributed by atoms with Crippen molar-refractivity contribution >= 4 is 5.91 Å². The quantitative estimate of drug-likeness (QED) is 0.720. The van der Waals surface area contributed by atoms with Crippen molar-refractivity contribution in [2.24, 2.45) is 23.7 Å². The molecule has 2 N–H and O–H groups in total. The Morgan fingerprint density at radius 3 is 2.45 bits per heavy atom. The Morgan fingerprint density at radius 2 is 1.77 bits per heavy atom. The van der Waals surface area contributed by atoms with E-state index in [2.05, 4.69) is 71.8 Å². The highest BCUT2D eigenvalue weighted by molar-refractivity contribution is 5.87. The van der Waals surface area contributed by atoms with Crippen molar-refractivity contribution < 1.29 is 4.79 Å². The minimum absolute atomic E-state index is 0.205. The smallest absolute Gasteiger partial charge is 0.240 e.